The van der Waals surface area contributed by atoms with Gasteiger partial charge in [0.2, 0.25) is 0 Å². The van der Waals surface area contributed by atoms with Gasteiger partial charge in [0.05, 0.1) is 19.1 Å². The van der Waals surface area contributed by atoms with Crippen LogP contribution >= 0.6 is 0 Å². The molecule has 17 heavy (non-hydrogen) atoms. The average Bonchev–Trinajstić information content (AvgIpc) is 3.14. The van der Waals surface area contributed by atoms with Gasteiger partial charge in [-0.3, -0.25) is 0 Å². The molecule has 4 heteroatoms. The number of nitriles is 1. The van der Waals surface area contributed by atoms with Crippen molar-refractivity contribution in [2.45, 2.75) is 31.9 Å². The van der Waals surface area contributed by atoms with Crippen LogP contribution in [-0.2, 0) is 6.61 Å². The smallest absolute Gasteiger partial charge is 0.130 e. The molecule has 1 aromatic carbocycles. The molecule has 0 aliphatic heterocycles. The zero-order valence-electron chi connectivity index (χ0n) is 9.56. The van der Waals surface area contributed by atoms with Gasteiger partial charge in [0.25, 0.3) is 0 Å². The third-order valence-corrected chi connectivity index (χ3v) is 3.01. The van der Waals surface area contributed by atoms with Gasteiger partial charge in [0, 0.05) is 23.8 Å². The normalized spacial score (nSPS) is 14.4. The van der Waals surface area contributed by atoms with Crippen LogP contribution in [0.15, 0.2) is 18.2 Å². The summed E-state index contributed by atoms with van der Waals surface area (Å²) in [6, 6.07) is 7.31. The van der Waals surface area contributed by atoms with Crippen molar-refractivity contribution in [2.75, 3.05) is 11.4 Å². The van der Waals surface area contributed by atoms with Gasteiger partial charge in [-0.05, 0) is 25.0 Å². The molecule has 1 N–H and O–H groups in total. The van der Waals surface area contributed by atoms with Gasteiger partial charge < -0.3 is 10.0 Å². The van der Waals surface area contributed by atoms with Crippen LogP contribution in [0.4, 0.5) is 10.1 Å². The fourth-order valence-corrected chi connectivity index (χ4v) is 2.03. The van der Waals surface area contributed by atoms with E-state index in [0.29, 0.717) is 24.6 Å². The van der Waals surface area contributed by atoms with Gasteiger partial charge in [-0.15, -0.1) is 0 Å². The van der Waals surface area contributed by atoms with Crippen LogP contribution in [0.2, 0.25) is 0 Å². The zero-order valence-corrected chi connectivity index (χ0v) is 9.56. The number of nitrogens with zero attached hydrogens (tertiary/aromatic N) is 2. The zero-order chi connectivity index (χ0) is 12.3. The molecule has 0 unspecified atom stereocenters. The van der Waals surface area contributed by atoms with Crippen molar-refractivity contribution >= 4 is 5.69 Å². The van der Waals surface area contributed by atoms with E-state index in [0.717, 1.165) is 18.5 Å². The van der Waals surface area contributed by atoms with E-state index in [2.05, 4.69) is 6.07 Å². The first-order chi connectivity index (χ1) is 8.27. The van der Waals surface area contributed by atoms with Gasteiger partial charge in [0.15, 0.2) is 0 Å². The summed E-state index contributed by atoms with van der Waals surface area (Å²) in [5.74, 6) is -0.382. The molecule has 1 saturated carbocycles. The third-order valence-electron chi connectivity index (χ3n) is 3.01. The first kappa shape index (κ1) is 11.9. The second-order valence-electron chi connectivity index (χ2n) is 4.23. The van der Waals surface area contributed by atoms with Crippen molar-refractivity contribution in [3.05, 3.63) is 29.6 Å². The standard InChI is InChI=1S/C13H15FN2O/c14-12-3-1-4-13(11(12)9-17)16(8-2-7-15)10-5-6-10/h1,3-4,10,17H,2,5-6,8-9H2. The molecule has 90 valence electrons. The van der Waals surface area contributed by atoms with E-state index in [9.17, 15) is 9.50 Å². The van der Waals surface area contributed by atoms with Crippen molar-refractivity contribution in [3.63, 3.8) is 0 Å². The Morgan fingerprint density at radius 1 is 1.47 bits per heavy atom. The maximum atomic E-state index is 13.6. The van der Waals surface area contributed by atoms with E-state index in [1.165, 1.54) is 6.07 Å². The van der Waals surface area contributed by atoms with Crippen LogP contribution in [0.25, 0.3) is 0 Å². The lowest BCUT2D eigenvalue weighted by Gasteiger charge is -2.26. The average molecular weight is 234 g/mol. The van der Waals surface area contributed by atoms with Gasteiger partial charge in [-0.25, -0.2) is 4.39 Å². The summed E-state index contributed by atoms with van der Waals surface area (Å²) in [7, 11) is 0. The molecular weight excluding hydrogens is 219 g/mol. The van der Waals surface area contributed by atoms with Crippen molar-refractivity contribution in [1.29, 1.82) is 5.26 Å². The third kappa shape index (κ3) is 2.56. The van der Waals surface area contributed by atoms with Crippen molar-refractivity contribution in [2.24, 2.45) is 0 Å². The minimum absolute atomic E-state index is 0.308. The number of anilines is 1. The number of halogens is 1. The Kier molecular flexibility index (Phi) is 3.60. The summed E-state index contributed by atoms with van der Waals surface area (Å²) in [6.07, 6.45) is 2.57. The van der Waals surface area contributed by atoms with Gasteiger partial charge in [0.1, 0.15) is 5.82 Å². The Morgan fingerprint density at radius 3 is 2.82 bits per heavy atom. The van der Waals surface area contributed by atoms with Crippen molar-refractivity contribution < 1.29 is 9.50 Å². The van der Waals surface area contributed by atoms with Crippen molar-refractivity contribution in [1.82, 2.24) is 0 Å². The highest BCUT2D eigenvalue weighted by atomic mass is 19.1. The summed E-state index contributed by atoms with van der Waals surface area (Å²) in [5, 5.41) is 17.9. The SMILES string of the molecule is N#CCCN(c1cccc(F)c1CO)C1CC1. The van der Waals surface area contributed by atoms with E-state index in [1.807, 2.05) is 11.0 Å². The van der Waals surface area contributed by atoms with Crippen LogP contribution in [-0.4, -0.2) is 17.7 Å². The number of hydrogen-bond acceptors (Lipinski definition) is 3. The van der Waals surface area contributed by atoms with Gasteiger partial charge in [-0.1, -0.05) is 6.07 Å². The fourth-order valence-electron chi connectivity index (χ4n) is 2.03. The monoisotopic (exact) mass is 234 g/mol. The van der Waals surface area contributed by atoms with E-state index in [1.54, 1.807) is 6.07 Å². The molecule has 0 aromatic heterocycles. The lowest BCUT2D eigenvalue weighted by Crippen LogP contribution is -2.28. The van der Waals surface area contributed by atoms with E-state index in [-0.39, 0.29) is 12.4 Å². The van der Waals surface area contributed by atoms with Gasteiger partial charge >= 0.3 is 0 Å². The molecule has 0 atom stereocenters. The largest absolute Gasteiger partial charge is 0.391 e. The summed E-state index contributed by atoms with van der Waals surface area (Å²) in [5.41, 5.74) is 1.06. The van der Waals surface area contributed by atoms with Crippen LogP contribution in [0, 0.1) is 17.1 Å². The second kappa shape index (κ2) is 5.15. The molecule has 0 heterocycles. The van der Waals surface area contributed by atoms with E-state index < -0.39 is 0 Å². The molecule has 1 aromatic rings. The highest BCUT2D eigenvalue weighted by Gasteiger charge is 2.30. The number of benzene rings is 1. The predicted molar refractivity (Wildman–Crippen MR) is 62.9 cm³/mol. The Labute approximate surface area is 100 Å². The molecule has 0 amide bonds. The van der Waals surface area contributed by atoms with Crippen LogP contribution < -0.4 is 4.90 Å². The minimum Gasteiger partial charge on any atom is -0.391 e. The number of rotatable bonds is 5. The maximum absolute atomic E-state index is 13.6. The van der Waals surface area contributed by atoms with Crippen LogP contribution in [0.1, 0.15) is 24.8 Å². The quantitative estimate of drug-likeness (QED) is 0.849. The van der Waals surface area contributed by atoms with Crippen molar-refractivity contribution in [3.8, 4) is 6.07 Å². The summed E-state index contributed by atoms with van der Waals surface area (Å²) in [6.45, 7) is 0.287. The Hall–Kier alpha value is -1.60. The molecule has 1 aliphatic rings. The molecule has 2 rings (SSSR count). The van der Waals surface area contributed by atoms with E-state index in [4.69, 9.17) is 5.26 Å². The molecule has 0 saturated heterocycles. The number of aliphatic hydroxyl groups excluding tert-OH is 1. The minimum atomic E-state index is -0.382. The Bertz CT molecular complexity index is 438. The Balaban J connectivity index is 2.28. The molecular formula is C13H15FN2O. The number of hydrogen-bond donors (Lipinski definition) is 1. The highest BCUT2D eigenvalue weighted by Crippen LogP contribution is 2.34. The van der Waals surface area contributed by atoms with Gasteiger partial charge in [-0.2, -0.15) is 5.26 Å². The Morgan fingerprint density at radius 2 is 2.24 bits per heavy atom. The van der Waals surface area contributed by atoms with E-state index >= 15 is 0 Å². The lowest BCUT2D eigenvalue weighted by molar-refractivity contribution is 0.276. The predicted octanol–water partition coefficient (Wildman–Crippen LogP) is 2.20. The lowest BCUT2D eigenvalue weighted by atomic mass is 10.1. The maximum Gasteiger partial charge on any atom is 0.130 e. The summed E-state index contributed by atoms with van der Waals surface area (Å²) >= 11 is 0. The second-order valence-corrected chi connectivity index (χ2v) is 4.23. The molecule has 1 fully saturated rings. The highest BCUT2D eigenvalue weighted by molar-refractivity contribution is 5.55. The topological polar surface area (TPSA) is 47.3 Å². The number of aliphatic hydroxyl groups is 1. The molecule has 0 radical (unpaired) electrons. The molecule has 0 bridgehead atoms. The molecule has 0 spiro atoms. The first-order valence-electron chi connectivity index (χ1n) is 5.79. The molecule has 3 nitrogen and oxygen atoms in total. The summed E-state index contributed by atoms with van der Waals surface area (Å²) < 4.78 is 13.6. The van der Waals surface area contributed by atoms with Crippen LogP contribution in [0.5, 0.6) is 0 Å². The van der Waals surface area contributed by atoms with Crippen LogP contribution in [0.3, 0.4) is 0 Å². The molecule has 1 aliphatic carbocycles. The summed E-state index contributed by atoms with van der Waals surface area (Å²) in [4.78, 5) is 2.04. The fraction of sp³-hybridized carbons (Fsp3) is 0.462. The first-order valence-corrected chi connectivity index (χ1v) is 5.79.